The van der Waals surface area contributed by atoms with E-state index in [1.54, 1.807) is 6.08 Å². The van der Waals surface area contributed by atoms with Gasteiger partial charge in [0.25, 0.3) is 0 Å². The van der Waals surface area contributed by atoms with Crippen LogP contribution in [0.15, 0.2) is 12.7 Å². The Morgan fingerprint density at radius 1 is 1.80 bits per heavy atom. The van der Waals surface area contributed by atoms with Crippen LogP contribution in [0.3, 0.4) is 0 Å². The maximum Gasteiger partial charge on any atom is 0.0401 e. The summed E-state index contributed by atoms with van der Waals surface area (Å²) in [5.74, 6) is 0.556. The van der Waals surface area contributed by atoms with Gasteiger partial charge in [0.1, 0.15) is 0 Å². The normalized spacial score (nSPS) is 5.00. The standard InChI is InChI=1S/C3H5Cl.Cu/c1-2-3-4;/h2H,1,3H2;. The van der Waals surface area contributed by atoms with E-state index in [9.17, 15) is 0 Å². The van der Waals surface area contributed by atoms with Crippen LogP contribution in [0.5, 0.6) is 0 Å². The molecule has 0 nitrogen and oxygen atoms in total. The molecule has 0 rings (SSSR count). The summed E-state index contributed by atoms with van der Waals surface area (Å²) in [5.41, 5.74) is 0. The molecule has 0 N–H and O–H groups in total. The average Bonchev–Trinajstić information content (AvgIpc) is 1.37. The molecule has 0 amide bonds. The van der Waals surface area contributed by atoms with Crippen LogP contribution in [0.4, 0.5) is 0 Å². The van der Waals surface area contributed by atoms with Gasteiger partial charge in [0.15, 0.2) is 0 Å². The minimum absolute atomic E-state index is 0. The molecular formula is C3H5ClCu. The summed E-state index contributed by atoms with van der Waals surface area (Å²) < 4.78 is 0. The van der Waals surface area contributed by atoms with Crippen LogP contribution in [0, 0.1) is 0 Å². The first kappa shape index (κ1) is 9.12. The molecule has 0 saturated carbocycles. The molecule has 1 radical (unpaired) electrons. The average molecular weight is 140 g/mol. The summed E-state index contributed by atoms with van der Waals surface area (Å²) in [4.78, 5) is 0. The van der Waals surface area contributed by atoms with E-state index in [0.717, 1.165) is 0 Å². The van der Waals surface area contributed by atoms with E-state index in [2.05, 4.69) is 6.58 Å². The second-order valence-corrected chi connectivity index (χ2v) is 0.752. The molecule has 0 aromatic heterocycles. The van der Waals surface area contributed by atoms with Gasteiger partial charge >= 0.3 is 0 Å². The first-order chi connectivity index (χ1) is 1.91. The van der Waals surface area contributed by atoms with Gasteiger partial charge in [-0.2, -0.15) is 0 Å². The van der Waals surface area contributed by atoms with Gasteiger partial charge in [0.2, 0.25) is 0 Å². The zero-order valence-corrected chi connectivity index (χ0v) is 4.37. The summed E-state index contributed by atoms with van der Waals surface area (Å²) in [6.07, 6.45) is 1.64. The molecule has 0 fully saturated rings. The predicted molar refractivity (Wildman–Crippen MR) is 20.9 cm³/mol. The van der Waals surface area contributed by atoms with Crippen molar-refractivity contribution in [2.45, 2.75) is 0 Å². The fourth-order valence-corrected chi connectivity index (χ4v) is 0. The van der Waals surface area contributed by atoms with E-state index in [4.69, 9.17) is 11.6 Å². The minimum Gasteiger partial charge on any atom is -0.122 e. The number of rotatable bonds is 1. The van der Waals surface area contributed by atoms with Crippen molar-refractivity contribution in [3.05, 3.63) is 12.7 Å². The summed E-state index contributed by atoms with van der Waals surface area (Å²) in [6.45, 7) is 3.35. The molecule has 0 heterocycles. The Labute approximate surface area is 47.7 Å². The zero-order valence-electron chi connectivity index (χ0n) is 2.67. The van der Waals surface area contributed by atoms with E-state index in [1.807, 2.05) is 0 Å². The fraction of sp³-hybridized carbons (Fsp3) is 0.333. The van der Waals surface area contributed by atoms with Crippen LogP contribution in [0.2, 0.25) is 0 Å². The Morgan fingerprint density at radius 3 is 2.00 bits per heavy atom. The Morgan fingerprint density at radius 2 is 2.00 bits per heavy atom. The van der Waals surface area contributed by atoms with Gasteiger partial charge in [-0.05, 0) is 0 Å². The van der Waals surface area contributed by atoms with Crippen molar-refractivity contribution >= 4 is 11.6 Å². The van der Waals surface area contributed by atoms with Gasteiger partial charge in [-0.3, -0.25) is 0 Å². The van der Waals surface area contributed by atoms with E-state index in [0.29, 0.717) is 5.88 Å². The maximum absolute atomic E-state index is 5.07. The molecule has 5 heavy (non-hydrogen) atoms. The molecule has 0 aromatic rings. The number of allylic oxidation sites excluding steroid dienone is 1. The van der Waals surface area contributed by atoms with Gasteiger partial charge in [-0.15, -0.1) is 18.2 Å². The summed E-state index contributed by atoms with van der Waals surface area (Å²) in [7, 11) is 0. The van der Waals surface area contributed by atoms with Crippen molar-refractivity contribution in [2.24, 2.45) is 0 Å². The van der Waals surface area contributed by atoms with Gasteiger partial charge in [-0.1, -0.05) is 6.08 Å². The molecule has 0 aliphatic rings. The molecule has 0 unspecified atom stereocenters. The van der Waals surface area contributed by atoms with E-state index >= 15 is 0 Å². The zero-order chi connectivity index (χ0) is 3.41. The van der Waals surface area contributed by atoms with Crippen LogP contribution >= 0.6 is 11.6 Å². The first-order valence-corrected chi connectivity index (χ1v) is 1.62. The van der Waals surface area contributed by atoms with Crippen LogP contribution in [0.25, 0.3) is 0 Å². The third-order valence-electron chi connectivity index (χ3n) is 0.109. The van der Waals surface area contributed by atoms with Crippen LogP contribution in [-0.4, -0.2) is 5.88 Å². The topological polar surface area (TPSA) is 0 Å². The van der Waals surface area contributed by atoms with E-state index in [1.165, 1.54) is 0 Å². The van der Waals surface area contributed by atoms with Crippen molar-refractivity contribution in [1.29, 1.82) is 0 Å². The molecular weight excluding hydrogens is 135 g/mol. The molecule has 0 saturated heterocycles. The minimum atomic E-state index is 0. The van der Waals surface area contributed by atoms with Crippen molar-refractivity contribution in [1.82, 2.24) is 0 Å². The summed E-state index contributed by atoms with van der Waals surface area (Å²) in [6, 6.07) is 0. The predicted octanol–water partition coefficient (Wildman–Crippen LogP) is 1.41. The van der Waals surface area contributed by atoms with E-state index < -0.39 is 0 Å². The monoisotopic (exact) mass is 139 g/mol. The van der Waals surface area contributed by atoms with Crippen molar-refractivity contribution in [3.63, 3.8) is 0 Å². The SMILES string of the molecule is C=CCCl.[Cu]. The third kappa shape index (κ3) is 12.3. The summed E-state index contributed by atoms with van der Waals surface area (Å²) >= 11 is 5.07. The van der Waals surface area contributed by atoms with Crippen molar-refractivity contribution in [3.8, 4) is 0 Å². The smallest absolute Gasteiger partial charge is 0.0401 e. The fourth-order valence-electron chi connectivity index (χ4n) is 0. The second kappa shape index (κ2) is 8.82. The van der Waals surface area contributed by atoms with Crippen molar-refractivity contribution < 1.29 is 17.1 Å². The Bertz CT molecular complexity index is 20.9. The molecule has 2 heteroatoms. The molecule has 0 aliphatic heterocycles. The maximum atomic E-state index is 5.07. The number of halogens is 1. The second-order valence-electron chi connectivity index (χ2n) is 0.443. The largest absolute Gasteiger partial charge is 0.122 e. The Kier molecular flexibility index (Phi) is 16.1. The number of alkyl halides is 1. The van der Waals surface area contributed by atoms with Gasteiger partial charge in [-0.25, -0.2) is 0 Å². The third-order valence-corrected chi connectivity index (χ3v) is 0.327. The first-order valence-electron chi connectivity index (χ1n) is 1.08. The molecule has 0 spiro atoms. The van der Waals surface area contributed by atoms with Gasteiger partial charge in [0.05, 0.1) is 0 Å². The van der Waals surface area contributed by atoms with Gasteiger partial charge < -0.3 is 0 Å². The van der Waals surface area contributed by atoms with E-state index in [-0.39, 0.29) is 17.1 Å². The van der Waals surface area contributed by atoms with Crippen LogP contribution in [-0.2, 0) is 17.1 Å². The van der Waals surface area contributed by atoms with Crippen LogP contribution < -0.4 is 0 Å². The quantitative estimate of drug-likeness (QED) is 0.293. The molecule has 0 aromatic carbocycles. The molecule has 0 bridgehead atoms. The molecule has 0 atom stereocenters. The molecule has 35 valence electrons. The Balaban J connectivity index is 0. The number of hydrogen-bond acceptors (Lipinski definition) is 0. The van der Waals surface area contributed by atoms with Crippen LogP contribution in [0.1, 0.15) is 0 Å². The molecule has 0 aliphatic carbocycles. The summed E-state index contributed by atoms with van der Waals surface area (Å²) in [5, 5.41) is 0. The van der Waals surface area contributed by atoms with Crippen molar-refractivity contribution in [2.75, 3.05) is 5.88 Å². The van der Waals surface area contributed by atoms with Gasteiger partial charge in [0, 0.05) is 22.9 Å². The number of hydrogen-bond donors (Lipinski definition) is 0. The Hall–Kier alpha value is 0.549.